The number of carbonyl (C=O) groups is 1. The van der Waals surface area contributed by atoms with Crippen molar-refractivity contribution in [1.82, 2.24) is 0 Å². The summed E-state index contributed by atoms with van der Waals surface area (Å²) in [5.74, 6) is 6.07. The molecule has 0 bridgehead atoms. The Kier molecular flexibility index (Phi) is 8.12. The van der Waals surface area contributed by atoms with E-state index in [9.17, 15) is 4.79 Å². The molecule has 0 spiro atoms. The maximum absolute atomic E-state index is 11.8. The molecule has 168 valence electrons. The molecule has 1 fully saturated rings. The van der Waals surface area contributed by atoms with Crippen LogP contribution >= 0.6 is 0 Å². The summed E-state index contributed by atoms with van der Waals surface area (Å²) < 4.78 is 12.2. The van der Waals surface area contributed by atoms with E-state index in [1.54, 1.807) is 6.08 Å². The standard InChI is InChI=1S/C28H34O3Si/c1-5-15-23-22-24(31-27(23)29)16-9-8-14-21-30-32(28(2,3)4,25-17-10-6-11-18-25)26-19-12-7-13-20-26/h5-7,10-13,17-20,23-24H,1,8,14-15,21-22H2,2-4H3/t23-,24+/m1/s1. The van der Waals surface area contributed by atoms with Crippen LogP contribution in [-0.2, 0) is 14.0 Å². The van der Waals surface area contributed by atoms with Crippen molar-refractivity contribution >= 4 is 24.7 Å². The molecule has 2 aromatic rings. The molecule has 0 N–H and O–H groups in total. The van der Waals surface area contributed by atoms with Gasteiger partial charge in [0.05, 0.1) is 5.92 Å². The fourth-order valence-corrected chi connectivity index (χ4v) is 9.06. The lowest BCUT2D eigenvalue weighted by atomic mass is 10.0. The number of benzene rings is 2. The van der Waals surface area contributed by atoms with Gasteiger partial charge in [-0.2, -0.15) is 0 Å². The van der Waals surface area contributed by atoms with Crippen molar-refractivity contribution in [3.05, 3.63) is 73.3 Å². The average Bonchev–Trinajstić information content (AvgIpc) is 3.13. The highest BCUT2D eigenvalue weighted by Gasteiger charge is 2.49. The topological polar surface area (TPSA) is 35.5 Å². The van der Waals surface area contributed by atoms with E-state index in [2.05, 4.69) is 99.9 Å². The van der Waals surface area contributed by atoms with E-state index in [1.165, 1.54) is 10.4 Å². The number of allylic oxidation sites excluding steroid dienone is 1. The molecule has 1 aliphatic rings. The Morgan fingerprint density at radius 3 is 2.22 bits per heavy atom. The van der Waals surface area contributed by atoms with Gasteiger partial charge in [-0.1, -0.05) is 99.4 Å². The third-order valence-electron chi connectivity index (χ3n) is 5.99. The maximum Gasteiger partial charge on any atom is 0.310 e. The van der Waals surface area contributed by atoms with Gasteiger partial charge in [0.1, 0.15) is 0 Å². The van der Waals surface area contributed by atoms with Crippen LogP contribution in [0.25, 0.3) is 0 Å². The first-order chi connectivity index (χ1) is 15.4. The molecule has 1 aliphatic heterocycles. The van der Waals surface area contributed by atoms with E-state index in [0.29, 0.717) is 19.4 Å². The van der Waals surface area contributed by atoms with E-state index in [4.69, 9.17) is 9.16 Å². The molecule has 2 atom stereocenters. The van der Waals surface area contributed by atoms with Gasteiger partial charge in [0.15, 0.2) is 6.10 Å². The second-order valence-corrected chi connectivity index (χ2v) is 13.6. The van der Waals surface area contributed by atoms with E-state index in [0.717, 1.165) is 12.8 Å². The number of unbranched alkanes of at least 4 members (excludes halogenated alkanes) is 1. The lowest BCUT2D eigenvalue weighted by Crippen LogP contribution is -2.66. The molecule has 3 nitrogen and oxygen atoms in total. The maximum atomic E-state index is 11.8. The molecule has 0 radical (unpaired) electrons. The largest absolute Gasteiger partial charge is 0.449 e. The molecular formula is C28H34O3Si. The van der Waals surface area contributed by atoms with Crippen LogP contribution in [0.4, 0.5) is 0 Å². The predicted octanol–water partition coefficient (Wildman–Crippen LogP) is 4.85. The highest BCUT2D eigenvalue weighted by atomic mass is 28.4. The van der Waals surface area contributed by atoms with Gasteiger partial charge in [-0.25, -0.2) is 0 Å². The van der Waals surface area contributed by atoms with Gasteiger partial charge >= 0.3 is 5.97 Å². The van der Waals surface area contributed by atoms with Crippen LogP contribution in [0.15, 0.2) is 73.3 Å². The number of hydrogen-bond acceptors (Lipinski definition) is 3. The van der Waals surface area contributed by atoms with Gasteiger partial charge in [0, 0.05) is 19.4 Å². The fourth-order valence-electron chi connectivity index (χ4n) is 4.45. The molecule has 0 unspecified atom stereocenters. The molecule has 0 aliphatic carbocycles. The second kappa shape index (κ2) is 10.8. The number of esters is 1. The summed E-state index contributed by atoms with van der Waals surface area (Å²) in [4.78, 5) is 11.8. The number of hydrogen-bond donors (Lipinski definition) is 0. The van der Waals surface area contributed by atoms with Gasteiger partial charge in [-0.15, -0.1) is 6.58 Å². The van der Waals surface area contributed by atoms with Gasteiger partial charge < -0.3 is 9.16 Å². The molecule has 1 saturated heterocycles. The van der Waals surface area contributed by atoms with Crippen molar-refractivity contribution in [2.75, 3.05) is 6.61 Å². The molecule has 4 heteroatoms. The van der Waals surface area contributed by atoms with Crippen molar-refractivity contribution in [2.45, 2.75) is 57.6 Å². The Morgan fingerprint density at radius 1 is 1.09 bits per heavy atom. The van der Waals surface area contributed by atoms with E-state index in [-0.39, 0.29) is 23.0 Å². The van der Waals surface area contributed by atoms with Crippen LogP contribution < -0.4 is 10.4 Å². The van der Waals surface area contributed by atoms with Crippen molar-refractivity contribution in [1.29, 1.82) is 0 Å². The van der Waals surface area contributed by atoms with Crippen molar-refractivity contribution in [2.24, 2.45) is 5.92 Å². The highest BCUT2D eigenvalue weighted by molar-refractivity contribution is 6.99. The zero-order chi connectivity index (χ0) is 23.0. The average molecular weight is 447 g/mol. The van der Waals surface area contributed by atoms with Crippen LogP contribution in [0.1, 0.15) is 46.5 Å². The van der Waals surface area contributed by atoms with Crippen LogP contribution in [0.5, 0.6) is 0 Å². The lowest BCUT2D eigenvalue weighted by Gasteiger charge is -2.43. The monoisotopic (exact) mass is 446 g/mol. The Hall–Kier alpha value is -2.61. The second-order valence-electron chi connectivity index (χ2n) is 9.32. The van der Waals surface area contributed by atoms with Crippen LogP contribution in [0.2, 0.25) is 5.04 Å². The third-order valence-corrected chi connectivity index (χ3v) is 11.0. The van der Waals surface area contributed by atoms with E-state index >= 15 is 0 Å². The summed E-state index contributed by atoms with van der Waals surface area (Å²) in [7, 11) is -2.49. The van der Waals surface area contributed by atoms with Crippen LogP contribution in [-0.4, -0.2) is 27.0 Å². The van der Waals surface area contributed by atoms with E-state index in [1.807, 2.05) is 0 Å². The minimum Gasteiger partial charge on any atom is -0.449 e. The van der Waals surface area contributed by atoms with Crippen LogP contribution in [0, 0.1) is 17.8 Å². The molecule has 0 aromatic heterocycles. The highest BCUT2D eigenvalue weighted by Crippen LogP contribution is 2.36. The Balaban J connectivity index is 1.69. The number of cyclic esters (lactones) is 1. The first-order valence-corrected chi connectivity index (χ1v) is 13.3. The lowest BCUT2D eigenvalue weighted by molar-refractivity contribution is -0.142. The minimum atomic E-state index is -2.49. The summed E-state index contributed by atoms with van der Waals surface area (Å²) in [5.41, 5.74) is 0. The molecule has 3 rings (SSSR count). The first kappa shape index (κ1) is 24.0. The molecule has 1 heterocycles. The Bertz CT molecular complexity index is 911. The summed E-state index contributed by atoms with van der Waals surface area (Å²) in [6.07, 6.45) is 4.36. The Labute approximate surface area is 194 Å². The van der Waals surface area contributed by atoms with Gasteiger partial charge in [0.25, 0.3) is 8.32 Å². The van der Waals surface area contributed by atoms with Crippen molar-refractivity contribution in [3.63, 3.8) is 0 Å². The first-order valence-electron chi connectivity index (χ1n) is 11.4. The molecular weight excluding hydrogens is 412 g/mol. The third kappa shape index (κ3) is 5.41. The van der Waals surface area contributed by atoms with Crippen molar-refractivity contribution in [3.8, 4) is 11.8 Å². The smallest absolute Gasteiger partial charge is 0.310 e. The van der Waals surface area contributed by atoms with Gasteiger partial charge in [-0.3, -0.25) is 4.79 Å². The summed E-state index contributed by atoms with van der Waals surface area (Å²) in [6, 6.07) is 21.3. The zero-order valence-electron chi connectivity index (χ0n) is 19.5. The van der Waals surface area contributed by atoms with Crippen LogP contribution in [0.3, 0.4) is 0 Å². The summed E-state index contributed by atoms with van der Waals surface area (Å²) in [6.45, 7) is 11.2. The number of carbonyl (C=O) groups excluding carboxylic acids is 1. The SMILES string of the molecule is C=CC[C@@H]1C[C@H](C#CCCCO[Si](c2ccccc2)(c2ccccc2)C(C)(C)C)OC1=O. The molecule has 32 heavy (non-hydrogen) atoms. The van der Waals surface area contributed by atoms with E-state index < -0.39 is 8.32 Å². The van der Waals surface area contributed by atoms with Crippen molar-refractivity contribution < 1.29 is 14.0 Å². The molecule has 2 aromatic carbocycles. The molecule has 0 saturated carbocycles. The summed E-state index contributed by atoms with van der Waals surface area (Å²) in [5, 5.41) is 2.55. The zero-order valence-corrected chi connectivity index (χ0v) is 20.5. The predicted molar refractivity (Wildman–Crippen MR) is 133 cm³/mol. The Morgan fingerprint density at radius 2 is 1.69 bits per heavy atom. The van der Waals surface area contributed by atoms with Gasteiger partial charge in [0.2, 0.25) is 0 Å². The quantitative estimate of drug-likeness (QED) is 0.191. The normalized spacial score (nSPS) is 18.5. The summed E-state index contributed by atoms with van der Waals surface area (Å²) >= 11 is 0. The fraction of sp³-hybridized carbons (Fsp3) is 0.393. The molecule has 0 amide bonds. The van der Waals surface area contributed by atoms with Gasteiger partial charge in [-0.05, 0) is 28.3 Å². The number of ether oxygens (including phenoxy) is 1. The minimum absolute atomic E-state index is 0.0282. The number of rotatable bonds is 8.